The minimum atomic E-state index is -3.62. The normalized spacial score (nSPS) is 15.3. The maximum atomic E-state index is 13.7. The van der Waals surface area contributed by atoms with Crippen molar-refractivity contribution < 1.29 is 17.6 Å². The molecule has 0 bridgehead atoms. The van der Waals surface area contributed by atoms with Gasteiger partial charge in [0.2, 0.25) is 10.0 Å². The standard InChI is InChI=1S/C20H23FN2O3S/c1-27(25,26)23-19-13-17(11-12-18(19)21)22-20(24)16-9-7-15(8-10-16)14-5-3-2-4-6-14/h7-14,23H,2-6H2,1H3,(H,22,24). The average molecular weight is 390 g/mol. The Balaban J connectivity index is 1.70. The van der Waals surface area contributed by atoms with Crippen molar-refractivity contribution in [1.29, 1.82) is 0 Å². The molecule has 2 aromatic carbocycles. The lowest BCUT2D eigenvalue weighted by molar-refractivity contribution is 0.102. The monoisotopic (exact) mass is 390 g/mol. The van der Waals surface area contributed by atoms with E-state index in [0.717, 1.165) is 12.3 Å². The van der Waals surface area contributed by atoms with E-state index in [1.165, 1.54) is 49.8 Å². The lowest BCUT2D eigenvalue weighted by Gasteiger charge is -2.22. The van der Waals surface area contributed by atoms with Crippen LogP contribution in [-0.4, -0.2) is 20.6 Å². The van der Waals surface area contributed by atoms with E-state index >= 15 is 0 Å². The second-order valence-corrected chi connectivity index (χ2v) is 8.73. The number of amides is 1. The zero-order valence-corrected chi connectivity index (χ0v) is 16.0. The van der Waals surface area contributed by atoms with E-state index in [4.69, 9.17) is 0 Å². The van der Waals surface area contributed by atoms with E-state index in [0.29, 0.717) is 17.2 Å². The average Bonchev–Trinajstić information content (AvgIpc) is 2.64. The molecule has 1 amide bonds. The molecule has 144 valence electrons. The highest BCUT2D eigenvalue weighted by atomic mass is 32.2. The van der Waals surface area contributed by atoms with Crippen LogP contribution in [0.1, 0.15) is 53.9 Å². The fourth-order valence-corrected chi connectivity index (χ4v) is 3.98. The van der Waals surface area contributed by atoms with Gasteiger partial charge < -0.3 is 5.32 Å². The third kappa shape index (κ3) is 5.29. The van der Waals surface area contributed by atoms with Gasteiger partial charge in [-0.25, -0.2) is 12.8 Å². The van der Waals surface area contributed by atoms with Gasteiger partial charge in [0.05, 0.1) is 11.9 Å². The van der Waals surface area contributed by atoms with Crippen LogP contribution in [0.2, 0.25) is 0 Å². The van der Waals surface area contributed by atoms with E-state index in [-0.39, 0.29) is 11.6 Å². The molecule has 0 heterocycles. The summed E-state index contributed by atoms with van der Waals surface area (Å²) in [6, 6.07) is 11.3. The summed E-state index contributed by atoms with van der Waals surface area (Å²) in [5, 5.41) is 2.67. The Labute approximate surface area is 159 Å². The summed E-state index contributed by atoms with van der Waals surface area (Å²) in [4.78, 5) is 12.4. The molecule has 0 radical (unpaired) electrons. The van der Waals surface area contributed by atoms with Crippen LogP contribution in [0.5, 0.6) is 0 Å². The van der Waals surface area contributed by atoms with Crippen molar-refractivity contribution in [3.8, 4) is 0 Å². The van der Waals surface area contributed by atoms with Gasteiger partial charge in [0.25, 0.3) is 5.91 Å². The summed E-state index contributed by atoms with van der Waals surface area (Å²) in [5.41, 5.74) is 1.86. The van der Waals surface area contributed by atoms with Gasteiger partial charge in [0.1, 0.15) is 5.82 Å². The summed E-state index contributed by atoms with van der Waals surface area (Å²) in [6.45, 7) is 0. The fraction of sp³-hybridized carbons (Fsp3) is 0.350. The van der Waals surface area contributed by atoms with Gasteiger partial charge in [-0.15, -0.1) is 0 Å². The first-order valence-electron chi connectivity index (χ1n) is 9.00. The first kappa shape index (κ1) is 19.4. The smallest absolute Gasteiger partial charge is 0.255 e. The number of hydrogen-bond acceptors (Lipinski definition) is 3. The highest BCUT2D eigenvalue weighted by molar-refractivity contribution is 7.92. The Morgan fingerprint density at radius 3 is 2.33 bits per heavy atom. The van der Waals surface area contributed by atoms with E-state index in [2.05, 4.69) is 10.0 Å². The predicted octanol–water partition coefficient (Wildman–Crippen LogP) is 4.50. The van der Waals surface area contributed by atoms with Gasteiger partial charge in [0.15, 0.2) is 0 Å². The molecule has 1 saturated carbocycles. The number of anilines is 2. The van der Waals surface area contributed by atoms with Crippen molar-refractivity contribution in [2.45, 2.75) is 38.0 Å². The van der Waals surface area contributed by atoms with Crippen LogP contribution in [0.15, 0.2) is 42.5 Å². The molecule has 0 spiro atoms. The van der Waals surface area contributed by atoms with Crippen molar-refractivity contribution in [1.82, 2.24) is 0 Å². The molecule has 0 unspecified atom stereocenters. The Morgan fingerprint density at radius 1 is 1.04 bits per heavy atom. The molecule has 1 aliphatic carbocycles. The molecule has 0 saturated heterocycles. The number of rotatable bonds is 5. The Bertz CT molecular complexity index is 921. The van der Waals surface area contributed by atoms with E-state index in [1.54, 1.807) is 12.1 Å². The predicted molar refractivity (Wildman–Crippen MR) is 105 cm³/mol. The van der Waals surface area contributed by atoms with Crippen molar-refractivity contribution in [2.75, 3.05) is 16.3 Å². The topological polar surface area (TPSA) is 75.3 Å². The first-order chi connectivity index (χ1) is 12.8. The molecule has 7 heteroatoms. The van der Waals surface area contributed by atoms with Gasteiger partial charge in [-0.1, -0.05) is 31.4 Å². The van der Waals surface area contributed by atoms with Crippen LogP contribution in [0, 0.1) is 5.82 Å². The van der Waals surface area contributed by atoms with Gasteiger partial charge in [-0.2, -0.15) is 0 Å². The number of sulfonamides is 1. The number of nitrogens with one attached hydrogen (secondary N) is 2. The molecular formula is C20H23FN2O3S. The number of carbonyl (C=O) groups excluding carboxylic acids is 1. The summed E-state index contributed by atoms with van der Waals surface area (Å²) >= 11 is 0. The molecule has 3 rings (SSSR count). The molecule has 0 atom stereocenters. The molecular weight excluding hydrogens is 367 g/mol. The molecule has 0 aromatic heterocycles. The SMILES string of the molecule is CS(=O)(=O)Nc1cc(NC(=O)c2ccc(C3CCCCC3)cc2)ccc1F. The lowest BCUT2D eigenvalue weighted by atomic mass is 9.84. The number of halogens is 1. The van der Waals surface area contributed by atoms with Gasteiger partial charge in [-0.05, 0) is 54.7 Å². The second kappa shape index (κ2) is 8.08. The molecule has 2 N–H and O–H groups in total. The van der Waals surface area contributed by atoms with Crippen LogP contribution < -0.4 is 10.0 Å². The molecule has 0 aliphatic heterocycles. The highest BCUT2D eigenvalue weighted by Crippen LogP contribution is 2.32. The molecule has 27 heavy (non-hydrogen) atoms. The summed E-state index contributed by atoms with van der Waals surface area (Å²) < 4.78 is 38.4. The summed E-state index contributed by atoms with van der Waals surface area (Å²) in [7, 11) is -3.62. The van der Waals surface area contributed by atoms with E-state index in [1.807, 2.05) is 12.1 Å². The van der Waals surface area contributed by atoms with Gasteiger partial charge in [-0.3, -0.25) is 9.52 Å². The largest absolute Gasteiger partial charge is 0.322 e. The van der Waals surface area contributed by atoms with Crippen molar-refractivity contribution >= 4 is 27.3 Å². The lowest BCUT2D eigenvalue weighted by Crippen LogP contribution is -2.14. The number of hydrogen-bond donors (Lipinski definition) is 2. The molecule has 5 nitrogen and oxygen atoms in total. The van der Waals surface area contributed by atoms with Gasteiger partial charge >= 0.3 is 0 Å². The van der Waals surface area contributed by atoms with Crippen LogP contribution in [0.4, 0.5) is 15.8 Å². The maximum absolute atomic E-state index is 13.7. The van der Waals surface area contributed by atoms with Gasteiger partial charge in [0, 0.05) is 11.3 Å². The van der Waals surface area contributed by atoms with E-state index < -0.39 is 15.8 Å². The first-order valence-corrected chi connectivity index (χ1v) is 10.9. The minimum absolute atomic E-state index is 0.206. The molecule has 2 aromatic rings. The fourth-order valence-electron chi connectivity index (χ4n) is 3.43. The van der Waals surface area contributed by atoms with Crippen molar-refractivity contribution in [2.24, 2.45) is 0 Å². The van der Waals surface area contributed by atoms with Crippen molar-refractivity contribution in [3.63, 3.8) is 0 Å². The third-order valence-electron chi connectivity index (χ3n) is 4.77. The minimum Gasteiger partial charge on any atom is -0.322 e. The Hall–Kier alpha value is -2.41. The molecule has 1 aliphatic rings. The molecule has 1 fully saturated rings. The second-order valence-electron chi connectivity index (χ2n) is 6.98. The van der Waals surface area contributed by atoms with Crippen LogP contribution >= 0.6 is 0 Å². The number of benzene rings is 2. The highest BCUT2D eigenvalue weighted by Gasteiger charge is 2.16. The maximum Gasteiger partial charge on any atom is 0.255 e. The zero-order valence-electron chi connectivity index (χ0n) is 15.2. The summed E-state index contributed by atoms with van der Waals surface area (Å²) in [5.74, 6) is -0.477. The number of carbonyl (C=O) groups is 1. The Kier molecular flexibility index (Phi) is 5.79. The van der Waals surface area contributed by atoms with Crippen molar-refractivity contribution in [3.05, 3.63) is 59.4 Å². The van der Waals surface area contributed by atoms with Crippen LogP contribution in [0.25, 0.3) is 0 Å². The van der Waals surface area contributed by atoms with Crippen LogP contribution in [-0.2, 0) is 10.0 Å². The third-order valence-corrected chi connectivity index (χ3v) is 5.36. The van der Waals surface area contributed by atoms with E-state index in [9.17, 15) is 17.6 Å². The quantitative estimate of drug-likeness (QED) is 0.789. The summed E-state index contributed by atoms with van der Waals surface area (Å²) in [6.07, 6.45) is 7.12. The Morgan fingerprint density at radius 2 is 1.70 bits per heavy atom. The zero-order chi connectivity index (χ0) is 19.4. The van der Waals surface area contributed by atoms with Crippen LogP contribution in [0.3, 0.4) is 0 Å².